The number of ether oxygens (including phenoxy) is 1. The summed E-state index contributed by atoms with van der Waals surface area (Å²) >= 11 is 3.45. The Morgan fingerprint density at radius 2 is 1.86 bits per heavy atom. The molecule has 0 saturated heterocycles. The summed E-state index contributed by atoms with van der Waals surface area (Å²) in [6.45, 7) is 4.04. The molecule has 1 atom stereocenters. The Bertz CT molecular complexity index is 1110. The summed E-state index contributed by atoms with van der Waals surface area (Å²) in [7, 11) is 0. The van der Waals surface area contributed by atoms with Gasteiger partial charge in [-0.1, -0.05) is 47.1 Å². The van der Waals surface area contributed by atoms with Crippen LogP contribution in [0.3, 0.4) is 0 Å². The fraction of sp³-hybridized carbons (Fsp3) is 0.182. The Morgan fingerprint density at radius 3 is 2.46 bits per heavy atom. The second-order valence-corrected chi connectivity index (χ2v) is 7.56. The minimum Gasteiger partial charge on any atom is -0.453 e. The number of aryl methyl sites for hydroxylation is 2. The van der Waals surface area contributed by atoms with Gasteiger partial charge in [0.2, 0.25) is 5.88 Å². The molecule has 5 nitrogen and oxygen atoms in total. The maximum atomic E-state index is 9.76. The SMILES string of the molecule is CCc1ccc(C2=C(C#N)C(N)Oc3c2c(C)nn3-c2ccc(Br)cc2)cc1. The predicted molar refractivity (Wildman–Crippen MR) is 112 cm³/mol. The van der Waals surface area contributed by atoms with Crippen molar-refractivity contribution in [3.05, 3.63) is 81.0 Å². The van der Waals surface area contributed by atoms with E-state index in [9.17, 15) is 5.26 Å². The zero-order valence-electron chi connectivity index (χ0n) is 15.6. The van der Waals surface area contributed by atoms with Gasteiger partial charge in [-0.3, -0.25) is 5.73 Å². The van der Waals surface area contributed by atoms with Crippen molar-refractivity contribution < 1.29 is 4.74 Å². The number of hydrogen-bond acceptors (Lipinski definition) is 4. The lowest BCUT2D eigenvalue weighted by Gasteiger charge is -2.25. The molecule has 1 unspecified atom stereocenters. The van der Waals surface area contributed by atoms with Gasteiger partial charge in [0.1, 0.15) is 6.07 Å². The second kappa shape index (κ2) is 7.27. The van der Waals surface area contributed by atoms with Crippen molar-refractivity contribution in [3.63, 3.8) is 0 Å². The molecule has 4 rings (SSSR count). The highest BCUT2D eigenvalue weighted by Crippen LogP contribution is 2.41. The number of nitriles is 1. The van der Waals surface area contributed by atoms with Gasteiger partial charge in [0.05, 0.1) is 22.5 Å². The summed E-state index contributed by atoms with van der Waals surface area (Å²) in [5.74, 6) is 0.556. The highest BCUT2D eigenvalue weighted by Gasteiger charge is 2.33. The molecule has 0 fully saturated rings. The molecule has 0 saturated carbocycles. The van der Waals surface area contributed by atoms with Crippen molar-refractivity contribution in [3.8, 4) is 17.6 Å². The van der Waals surface area contributed by atoms with E-state index in [4.69, 9.17) is 10.5 Å². The minimum absolute atomic E-state index is 0.412. The Morgan fingerprint density at radius 1 is 1.18 bits per heavy atom. The number of benzene rings is 2. The third-order valence-electron chi connectivity index (χ3n) is 4.90. The first-order chi connectivity index (χ1) is 13.5. The van der Waals surface area contributed by atoms with Crippen molar-refractivity contribution in [1.29, 1.82) is 5.26 Å². The van der Waals surface area contributed by atoms with Gasteiger partial charge in [-0.15, -0.1) is 0 Å². The van der Waals surface area contributed by atoms with Gasteiger partial charge < -0.3 is 4.74 Å². The van der Waals surface area contributed by atoms with Crippen LogP contribution in [0.5, 0.6) is 5.88 Å². The molecule has 140 valence electrons. The van der Waals surface area contributed by atoms with Crippen LogP contribution in [0.1, 0.15) is 29.3 Å². The maximum Gasteiger partial charge on any atom is 0.226 e. The van der Waals surface area contributed by atoms with Gasteiger partial charge >= 0.3 is 0 Å². The van der Waals surface area contributed by atoms with Crippen molar-refractivity contribution in [2.24, 2.45) is 5.73 Å². The predicted octanol–water partition coefficient (Wildman–Crippen LogP) is 4.51. The highest BCUT2D eigenvalue weighted by atomic mass is 79.9. The maximum absolute atomic E-state index is 9.76. The third-order valence-corrected chi connectivity index (χ3v) is 5.43. The van der Waals surface area contributed by atoms with Crippen molar-refractivity contribution in [2.75, 3.05) is 0 Å². The van der Waals surface area contributed by atoms with Crippen LogP contribution in [0.4, 0.5) is 0 Å². The molecule has 2 N–H and O–H groups in total. The summed E-state index contributed by atoms with van der Waals surface area (Å²) in [6.07, 6.45) is 0.113. The number of fused-ring (bicyclic) bond motifs is 1. The zero-order valence-corrected chi connectivity index (χ0v) is 17.2. The molecule has 1 aliphatic heterocycles. The molecule has 6 heteroatoms. The average Bonchev–Trinajstić information content (AvgIpc) is 3.03. The number of nitrogens with zero attached hydrogens (tertiary/aromatic N) is 3. The monoisotopic (exact) mass is 434 g/mol. The summed E-state index contributed by atoms with van der Waals surface area (Å²) in [5, 5.41) is 14.4. The Hall–Kier alpha value is -2.88. The van der Waals surface area contributed by atoms with E-state index >= 15 is 0 Å². The molecule has 0 amide bonds. The molecule has 2 heterocycles. The first kappa shape index (κ1) is 18.5. The van der Waals surface area contributed by atoms with E-state index in [1.807, 2.05) is 43.3 Å². The lowest BCUT2D eigenvalue weighted by molar-refractivity contribution is 0.228. The quantitative estimate of drug-likeness (QED) is 0.657. The first-order valence-electron chi connectivity index (χ1n) is 9.05. The summed E-state index contributed by atoms with van der Waals surface area (Å²) in [5.41, 5.74) is 12.1. The van der Waals surface area contributed by atoms with E-state index in [1.54, 1.807) is 4.68 Å². The van der Waals surface area contributed by atoms with E-state index in [0.29, 0.717) is 11.5 Å². The molecule has 0 bridgehead atoms. The molecule has 0 radical (unpaired) electrons. The van der Waals surface area contributed by atoms with Crippen LogP contribution in [0, 0.1) is 18.3 Å². The standard InChI is InChI=1S/C22H19BrN4O/c1-3-14-4-6-15(7-5-14)20-18(12-24)21(25)28-22-19(20)13(2)26-27(22)17-10-8-16(23)9-11-17/h4-11,21H,3,25H2,1-2H3. The van der Waals surface area contributed by atoms with Crippen molar-refractivity contribution in [2.45, 2.75) is 26.5 Å². The van der Waals surface area contributed by atoms with E-state index in [2.05, 4.69) is 46.2 Å². The van der Waals surface area contributed by atoms with Gasteiger partial charge in [0.15, 0.2) is 6.23 Å². The second-order valence-electron chi connectivity index (χ2n) is 6.64. The summed E-state index contributed by atoms with van der Waals surface area (Å²) in [4.78, 5) is 0. The van der Waals surface area contributed by atoms with E-state index < -0.39 is 6.23 Å². The minimum atomic E-state index is -0.844. The van der Waals surface area contributed by atoms with Crippen LogP contribution >= 0.6 is 15.9 Å². The molecule has 0 aliphatic carbocycles. The number of hydrogen-bond donors (Lipinski definition) is 1. The summed E-state index contributed by atoms with van der Waals surface area (Å²) < 4.78 is 8.68. The number of halogens is 1. The molecule has 3 aromatic rings. The Balaban J connectivity index is 1.94. The molecule has 1 aromatic heterocycles. The van der Waals surface area contributed by atoms with Crippen LogP contribution in [0.2, 0.25) is 0 Å². The van der Waals surface area contributed by atoms with Crippen LogP contribution in [0.15, 0.2) is 58.6 Å². The Labute approximate surface area is 172 Å². The van der Waals surface area contributed by atoms with Crippen LogP contribution < -0.4 is 10.5 Å². The zero-order chi connectivity index (χ0) is 19.8. The fourth-order valence-electron chi connectivity index (χ4n) is 3.44. The number of nitrogens with two attached hydrogens (primary N) is 1. The van der Waals surface area contributed by atoms with Gasteiger partial charge in [-0.2, -0.15) is 10.4 Å². The van der Waals surface area contributed by atoms with E-state index in [0.717, 1.165) is 39.0 Å². The van der Waals surface area contributed by atoms with E-state index in [-0.39, 0.29) is 0 Å². The highest BCUT2D eigenvalue weighted by molar-refractivity contribution is 9.10. The average molecular weight is 435 g/mol. The largest absolute Gasteiger partial charge is 0.453 e. The molecule has 28 heavy (non-hydrogen) atoms. The molecular formula is C22H19BrN4O. The van der Waals surface area contributed by atoms with E-state index in [1.165, 1.54) is 5.56 Å². The lowest BCUT2D eigenvalue weighted by Crippen LogP contribution is -2.33. The summed E-state index contributed by atoms with van der Waals surface area (Å²) in [6, 6.07) is 18.2. The van der Waals surface area contributed by atoms with Crippen molar-refractivity contribution >= 4 is 21.5 Å². The lowest BCUT2D eigenvalue weighted by atomic mass is 9.90. The van der Waals surface area contributed by atoms with Gasteiger partial charge in [-0.25, -0.2) is 4.68 Å². The van der Waals surface area contributed by atoms with Gasteiger partial charge in [0, 0.05) is 10.0 Å². The van der Waals surface area contributed by atoms with Crippen LogP contribution in [-0.4, -0.2) is 16.0 Å². The Kier molecular flexibility index (Phi) is 4.80. The van der Waals surface area contributed by atoms with Crippen LogP contribution in [0.25, 0.3) is 11.3 Å². The molecular weight excluding hydrogens is 416 g/mol. The van der Waals surface area contributed by atoms with Crippen molar-refractivity contribution in [1.82, 2.24) is 9.78 Å². The molecule has 2 aromatic carbocycles. The van der Waals surface area contributed by atoms with Gasteiger partial charge in [-0.05, 0) is 48.7 Å². The molecule has 0 spiro atoms. The number of aromatic nitrogens is 2. The first-order valence-corrected chi connectivity index (χ1v) is 9.84. The topological polar surface area (TPSA) is 76.9 Å². The normalized spacial score (nSPS) is 15.8. The molecule has 1 aliphatic rings. The van der Waals surface area contributed by atoms with Gasteiger partial charge in [0.25, 0.3) is 0 Å². The third kappa shape index (κ3) is 3.03. The fourth-order valence-corrected chi connectivity index (χ4v) is 3.71. The smallest absolute Gasteiger partial charge is 0.226 e. The number of rotatable bonds is 3. The van der Waals surface area contributed by atoms with Crippen LogP contribution in [-0.2, 0) is 6.42 Å².